The van der Waals surface area contributed by atoms with Gasteiger partial charge >= 0.3 is 0 Å². The van der Waals surface area contributed by atoms with Gasteiger partial charge in [0.2, 0.25) is 0 Å². The van der Waals surface area contributed by atoms with Crippen molar-refractivity contribution in [3.05, 3.63) is 65.7 Å². The van der Waals surface area contributed by atoms with E-state index in [1.54, 1.807) is 0 Å². The van der Waals surface area contributed by atoms with Crippen LogP contribution in [0.4, 0.5) is 0 Å². The fourth-order valence-electron chi connectivity index (χ4n) is 1.85. The maximum atomic E-state index is 8.97. The summed E-state index contributed by atoms with van der Waals surface area (Å²) in [6.07, 6.45) is 0.888. The van der Waals surface area contributed by atoms with Gasteiger partial charge in [-0.05, 0) is 23.3 Å². The summed E-state index contributed by atoms with van der Waals surface area (Å²) in [5.74, 6) is 0.824. The van der Waals surface area contributed by atoms with Crippen LogP contribution >= 0.6 is 0 Å². The van der Waals surface area contributed by atoms with E-state index in [1.807, 2.05) is 42.5 Å². The van der Waals surface area contributed by atoms with Crippen LogP contribution in [-0.2, 0) is 6.42 Å². The summed E-state index contributed by atoms with van der Waals surface area (Å²) in [4.78, 5) is 0. The second-order valence-corrected chi connectivity index (χ2v) is 4.44. The third-order valence-corrected chi connectivity index (χ3v) is 3.01. The molecule has 19 heavy (non-hydrogen) atoms. The fourth-order valence-corrected chi connectivity index (χ4v) is 1.85. The van der Waals surface area contributed by atoms with E-state index in [2.05, 4.69) is 12.1 Å². The van der Waals surface area contributed by atoms with Crippen LogP contribution in [0.5, 0.6) is 5.75 Å². The van der Waals surface area contributed by atoms with Gasteiger partial charge < -0.3 is 15.6 Å². The fraction of sp³-hybridized carbons (Fsp3) is 0.250. The van der Waals surface area contributed by atoms with Crippen LogP contribution in [0.3, 0.4) is 0 Å². The van der Waals surface area contributed by atoms with Crippen molar-refractivity contribution >= 4 is 0 Å². The molecular formula is C16H19NO2. The molecule has 0 fully saturated rings. The Labute approximate surface area is 113 Å². The average molecular weight is 257 g/mol. The third-order valence-electron chi connectivity index (χ3n) is 3.01. The van der Waals surface area contributed by atoms with E-state index < -0.39 is 0 Å². The van der Waals surface area contributed by atoms with Crippen LogP contribution in [-0.4, -0.2) is 18.3 Å². The lowest BCUT2D eigenvalue weighted by atomic mass is 10.1. The molecule has 2 aromatic rings. The average Bonchev–Trinajstić information content (AvgIpc) is 2.48. The van der Waals surface area contributed by atoms with Crippen molar-refractivity contribution in [1.29, 1.82) is 0 Å². The molecule has 1 atom stereocenters. The van der Waals surface area contributed by atoms with Gasteiger partial charge in [-0.2, -0.15) is 0 Å². The van der Waals surface area contributed by atoms with Crippen molar-refractivity contribution in [1.82, 2.24) is 0 Å². The lowest BCUT2D eigenvalue weighted by Gasteiger charge is -2.10. The Morgan fingerprint density at radius 1 is 1.00 bits per heavy atom. The number of hydrogen-bond acceptors (Lipinski definition) is 3. The summed E-state index contributed by atoms with van der Waals surface area (Å²) in [5, 5.41) is 8.97. The van der Waals surface area contributed by atoms with Gasteiger partial charge in [0.05, 0.1) is 19.3 Å². The van der Waals surface area contributed by atoms with E-state index in [-0.39, 0.29) is 12.6 Å². The van der Waals surface area contributed by atoms with E-state index in [1.165, 1.54) is 5.56 Å². The minimum absolute atomic E-state index is 0.0474. The Hall–Kier alpha value is -1.84. The first-order valence-corrected chi connectivity index (χ1v) is 6.42. The highest BCUT2D eigenvalue weighted by atomic mass is 16.5. The number of rotatable bonds is 6. The minimum atomic E-state index is -0.321. The monoisotopic (exact) mass is 257 g/mol. The van der Waals surface area contributed by atoms with E-state index in [9.17, 15) is 0 Å². The third kappa shape index (κ3) is 4.09. The van der Waals surface area contributed by atoms with E-state index >= 15 is 0 Å². The predicted octanol–water partition coefficient (Wildman–Crippen LogP) is 2.30. The highest BCUT2D eigenvalue weighted by Gasteiger charge is 2.03. The van der Waals surface area contributed by atoms with Crippen LogP contribution in [0.25, 0.3) is 0 Å². The van der Waals surface area contributed by atoms with Gasteiger partial charge in [0.1, 0.15) is 5.75 Å². The van der Waals surface area contributed by atoms with Gasteiger partial charge in [-0.15, -0.1) is 0 Å². The van der Waals surface area contributed by atoms with Gasteiger partial charge in [-0.1, -0.05) is 42.5 Å². The number of benzene rings is 2. The van der Waals surface area contributed by atoms with Crippen molar-refractivity contribution in [3.63, 3.8) is 0 Å². The molecular weight excluding hydrogens is 238 g/mol. The van der Waals surface area contributed by atoms with Crippen LogP contribution in [0.2, 0.25) is 0 Å². The molecule has 2 rings (SSSR count). The van der Waals surface area contributed by atoms with Crippen LogP contribution in [0.1, 0.15) is 17.2 Å². The van der Waals surface area contributed by atoms with Crippen molar-refractivity contribution in [2.45, 2.75) is 12.5 Å². The van der Waals surface area contributed by atoms with E-state index in [0.29, 0.717) is 6.61 Å². The normalized spacial score (nSPS) is 12.1. The molecule has 0 saturated carbocycles. The second-order valence-electron chi connectivity index (χ2n) is 4.44. The Bertz CT molecular complexity index is 482. The van der Waals surface area contributed by atoms with Crippen LogP contribution in [0, 0.1) is 0 Å². The standard InChI is InChI=1S/C16H19NO2/c17-16(12-18)14-6-8-15(9-7-14)19-11-10-13-4-2-1-3-5-13/h1-9,16,18H,10-12,17H2/t16-/m0/s1. The molecule has 0 amide bonds. The lowest BCUT2D eigenvalue weighted by molar-refractivity contribution is 0.268. The molecule has 0 unspecified atom stereocenters. The molecule has 3 N–H and O–H groups in total. The zero-order valence-corrected chi connectivity index (χ0v) is 10.8. The first-order valence-electron chi connectivity index (χ1n) is 6.42. The van der Waals surface area contributed by atoms with Crippen molar-refractivity contribution in [3.8, 4) is 5.75 Å². The quantitative estimate of drug-likeness (QED) is 0.835. The van der Waals surface area contributed by atoms with Crippen LogP contribution in [0.15, 0.2) is 54.6 Å². The molecule has 3 nitrogen and oxygen atoms in total. The molecule has 0 saturated heterocycles. The van der Waals surface area contributed by atoms with Crippen molar-refractivity contribution in [2.75, 3.05) is 13.2 Å². The zero-order valence-electron chi connectivity index (χ0n) is 10.8. The smallest absolute Gasteiger partial charge is 0.119 e. The molecule has 0 aliphatic heterocycles. The highest BCUT2D eigenvalue weighted by molar-refractivity contribution is 5.29. The Morgan fingerprint density at radius 3 is 2.32 bits per heavy atom. The van der Waals surface area contributed by atoms with Crippen molar-refractivity contribution in [2.24, 2.45) is 5.73 Å². The molecule has 0 radical (unpaired) electrons. The maximum Gasteiger partial charge on any atom is 0.119 e. The lowest BCUT2D eigenvalue weighted by Crippen LogP contribution is -2.14. The minimum Gasteiger partial charge on any atom is -0.493 e. The van der Waals surface area contributed by atoms with Gasteiger partial charge in [0.25, 0.3) is 0 Å². The van der Waals surface area contributed by atoms with E-state index in [4.69, 9.17) is 15.6 Å². The summed E-state index contributed by atoms with van der Waals surface area (Å²) in [5.41, 5.74) is 7.91. The number of aliphatic hydroxyl groups excluding tert-OH is 1. The number of hydrogen-bond donors (Lipinski definition) is 2. The van der Waals surface area contributed by atoms with Crippen LogP contribution < -0.4 is 10.5 Å². The van der Waals surface area contributed by atoms with Gasteiger partial charge in [0, 0.05) is 6.42 Å². The Kier molecular flexibility index (Phi) is 4.95. The molecule has 100 valence electrons. The summed E-state index contributed by atoms with van der Waals surface area (Å²) in [7, 11) is 0. The summed E-state index contributed by atoms with van der Waals surface area (Å²) < 4.78 is 5.67. The Balaban J connectivity index is 1.83. The summed E-state index contributed by atoms with van der Waals surface area (Å²) >= 11 is 0. The van der Waals surface area contributed by atoms with E-state index in [0.717, 1.165) is 17.7 Å². The first-order chi connectivity index (χ1) is 9.29. The van der Waals surface area contributed by atoms with Crippen molar-refractivity contribution < 1.29 is 9.84 Å². The summed E-state index contributed by atoms with van der Waals surface area (Å²) in [6.45, 7) is 0.601. The molecule has 0 aliphatic rings. The van der Waals surface area contributed by atoms with Gasteiger partial charge in [-0.25, -0.2) is 0 Å². The second kappa shape index (κ2) is 6.92. The number of ether oxygens (including phenoxy) is 1. The predicted molar refractivity (Wildman–Crippen MR) is 76.1 cm³/mol. The van der Waals surface area contributed by atoms with Gasteiger partial charge in [0.15, 0.2) is 0 Å². The summed E-state index contributed by atoms with van der Waals surface area (Å²) in [6, 6.07) is 17.5. The SMILES string of the molecule is N[C@@H](CO)c1ccc(OCCc2ccccc2)cc1. The molecule has 0 spiro atoms. The Morgan fingerprint density at radius 2 is 1.68 bits per heavy atom. The topological polar surface area (TPSA) is 55.5 Å². The molecule has 0 bridgehead atoms. The number of aliphatic hydroxyl groups is 1. The maximum absolute atomic E-state index is 8.97. The number of nitrogens with two attached hydrogens (primary N) is 1. The zero-order chi connectivity index (χ0) is 13.5. The molecule has 0 heterocycles. The molecule has 0 aliphatic carbocycles. The van der Waals surface area contributed by atoms with Gasteiger partial charge in [-0.3, -0.25) is 0 Å². The first kappa shape index (κ1) is 13.6. The molecule has 3 heteroatoms. The largest absolute Gasteiger partial charge is 0.493 e. The highest BCUT2D eigenvalue weighted by Crippen LogP contribution is 2.16. The molecule has 0 aromatic heterocycles. The molecule has 2 aromatic carbocycles.